The molecule has 0 bridgehead atoms. The zero-order valence-electron chi connectivity index (χ0n) is 17.3. The largest absolute Gasteiger partial charge is 0.484 e. The van der Waals surface area contributed by atoms with Crippen LogP contribution < -0.4 is 10.1 Å². The second-order valence-electron chi connectivity index (χ2n) is 6.85. The van der Waals surface area contributed by atoms with E-state index in [9.17, 15) is 18.0 Å². The lowest BCUT2D eigenvalue weighted by molar-refractivity contribution is -0.118. The maximum Gasteiger partial charge on any atom is 0.337 e. The lowest BCUT2D eigenvalue weighted by Crippen LogP contribution is -2.40. The second kappa shape index (κ2) is 9.90. The van der Waals surface area contributed by atoms with Gasteiger partial charge in [-0.05, 0) is 48.9 Å². The van der Waals surface area contributed by atoms with E-state index in [4.69, 9.17) is 9.47 Å². The van der Waals surface area contributed by atoms with Gasteiger partial charge in [0.25, 0.3) is 5.91 Å². The lowest BCUT2D eigenvalue weighted by Gasteiger charge is -2.26. The van der Waals surface area contributed by atoms with E-state index in [1.807, 2.05) is 0 Å². The summed E-state index contributed by atoms with van der Waals surface area (Å²) in [5.74, 6) is -0.504. The number of hydrogen-bond acceptors (Lipinski definition) is 7. The smallest absolute Gasteiger partial charge is 0.337 e. The highest BCUT2D eigenvalue weighted by molar-refractivity contribution is 7.89. The molecular weight excluding hydrogens is 424 g/mol. The van der Waals surface area contributed by atoms with Gasteiger partial charge in [-0.15, -0.1) is 0 Å². The number of aryl methyl sites for hydroxylation is 1. The molecule has 1 aliphatic rings. The summed E-state index contributed by atoms with van der Waals surface area (Å²) in [5.41, 5.74) is 1.48. The fraction of sp³-hybridized carbons (Fsp3) is 0.333. The predicted octanol–water partition coefficient (Wildman–Crippen LogP) is 1.82. The molecule has 0 spiro atoms. The number of nitrogens with one attached hydrogen (secondary N) is 1. The molecule has 31 heavy (non-hydrogen) atoms. The minimum atomic E-state index is -3.67. The van der Waals surface area contributed by atoms with E-state index in [1.165, 1.54) is 35.7 Å². The molecule has 0 radical (unpaired) electrons. The van der Waals surface area contributed by atoms with Crippen molar-refractivity contribution in [2.75, 3.05) is 45.3 Å². The van der Waals surface area contributed by atoms with Crippen molar-refractivity contribution in [3.8, 4) is 5.75 Å². The summed E-state index contributed by atoms with van der Waals surface area (Å²) in [6.45, 7) is 2.78. The van der Waals surface area contributed by atoms with Gasteiger partial charge in [-0.3, -0.25) is 4.79 Å². The molecule has 2 aromatic rings. The van der Waals surface area contributed by atoms with Gasteiger partial charge in [0.1, 0.15) is 5.75 Å². The van der Waals surface area contributed by atoms with Gasteiger partial charge < -0.3 is 19.5 Å². The van der Waals surface area contributed by atoms with Crippen LogP contribution in [0.1, 0.15) is 15.9 Å². The highest BCUT2D eigenvalue weighted by atomic mass is 32.2. The SMILES string of the molecule is COC(=O)c1ccc(OCC(=O)Nc2cc(S(=O)(=O)N3CCOCC3)ccc2C)cc1. The Balaban J connectivity index is 1.64. The Kier molecular flexibility index (Phi) is 7.26. The van der Waals surface area contributed by atoms with E-state index in [0.717, 1.165) is 5.56 Å². The highest BCUT2D eigenvalue weighted by Crippen LogP contribution is 2.24. The number of carbonyl (C=O) groups is 2. The van der Waals surface area contributed by atoms with Gasteiger partial charge in [-0.2, -0.15) is 4.31 Å². The molecule has 1 N–H and O–H groups in total. The average Bonchev–Trinajstić information content (AvgIpc) is 2.79. The minimum Gasteiger partial charge on any atom is -0.484 e. The Morgan fingerprint density at radius 3 is 2.42 bits per heavy atom. The fourth-order valence-corrected chi connectivity index (χ4v) is 4.41. The zero-order chi connectivity index (χ0) is 22.4. The molecule has 0 aliphatic carbocycles. The molecule has 0 unspecified atom stereocenters. The van der Waals surface area contributed by atoms with Crippen LogP contribution in [0.2, 0.25) is 0 Å². The maximum absolute atomic E-state index is 12.8. The quantitative estimate of drug-likeness (QED) is 0.643. The average molecular weight is 448 g/mol. The summed E-state index contributed by atoms with van der Waals surface area (Å²) in [6, 6.07) is 10.8. The number of esters is 1. The van der Waals surface area contributed by atoms with Crippen LogP contribution in [0.15, 0.2) is 47.4 Å². The number of ether oxygens (including phenoxy) is 3. The van der Waals surface area contributed by atoms with E-state index < -0.39 is 21.9 Å². The number of morpholine rings is 1. The van der Waals surface area contributed by atoms with E-state index >= 15 is 0 Å². The van der Waals surface area contributed by atoms with Gasteiger partial charge in [0.15, 0.2) is 6.61 Å². The lowest BCUT2D eigenvalue weighted by atomic mass is 10.2. The monoisotopic (exact) mass is 448 g/mol. The van der Waals surface area contributed by atoms with Crippen LogP contribution in [-0.2, 0) is 24.3 Å². The summed E-state index contributed by atoms with van der Waals surface area (Å²) in [4.78, 5) is 23.9. The van der Waals surface area contributed by atoms with Crippen LogP contribution in [0.3, 0.4) is 0 Å². The summed E-state index contributed by atoms with van der Waals surface area (Å²) >= 11 is 0. The van der Waals surface area contributed by atoms with Crippen molar-refractivity contribution in [3.05, 3.63) is 53.6 Å². The molecule has 1 heterocycles. The van der Waals surface area contributed by atoms with Crippen molar-refractivity contribution < 1.29 is 32.2 Å². The molecule has 166 valence electrons. The van der Waals surface area contributed by atoms with Crippen molar-refractivity contribution in [3.63, 3.8) is 0 Å². The van der Waals surface area contributed by atoms with Gasteiger partial charge in [0, 0.05) is 18.8 Å². The molecule has 1 amide bonds. The Bertz CT molecular complexity index is 1050. The van der Waals surface area contributed by atoms with Gasteiger partial charge >= 0.3 is 5.97 Å². The first kappa shape index (κ1) is 22.7. The number of methoxy groups -OCH3 is 1. The summed E-state index contributed by atoms with van der Waals surface area (Å²) in [6.07, 6.45) is 0. The number of benzene rings is 2. The number of anilines is 1. The van der Waals surface area contributed by atoms with Crippen molar-refractivity contribution in [2.24, 2.45) is 0 Å². The van der Waals surface area contributed by atoms with E-state index in [-0.39, 0.29) is 11.5 Å². The second-order valence-corrected chi connectivity index (χ2v) is 8.78. The Hall–Kier alpha value is -2.95. The molecule has 9 nitrogen and oxygen atoms in total. The predicted molar refractivity (Wildman–Crippen MR) is 113 cm³/mol. The summed E-state index contributed by atoms with van der Waals surface area (Å²) in [5, 5.41) is 2.69. The summed E-state index contributed by atoms with van der Waals surface area (Å²) in [7, 11) is -2.38. The third-order valence-electron chi connectivity index (χ3n) is 4.74. The van der Waals surface area contributed by atoms with Gasteiger partial charge in [-0.25, -0.2) is 13.2 Å². The first-order valence-corrected chi connectivity index (χ1v) is 11.0. The number of carbonyl (C=O) groups excluding carboxylic acids is 2. The maximum atomic E-state index is 12.8. The molecule has 2 aromatic carbocycles. The molecule has 1 saturated heterocycles. The number of amides is 1. The Morgan fingerprint density at radius 1 is 1.10 bits per heavy atom. The van der Waals surface area contributed by atoms with Gasteiger partial charge in [0.2, 0.25) is 10.0 Å². The van der Waals surface area contributed by atoms with Gasteiger partial charge in [-0.1, -0.05) is 6.07 Å². The number of hydrogen-bond donors (Lipinski definition) is 1. The van der Waals surface area contributed by atoms with E-state index in [1.54, 1.807) is 25.1 Å². The van der Waals surface area contributed by atoms with E-state index in [2.05, 4.69) is 10.1 Å². The highest BCUT2D eigenvalue weighted by Gasteiger charge is 2.26. The third-order valence-corrected chi connectivity index (χ3v) is 6.63. The van der Waals surface area contributed by atoms with Crippen molar-refractivity contribution in [1.29, 1.82) is 0 Å². The molecule has 0 atom stereocenters. The molecule has 3 rings (SSSR count). The Morgan fingerprint density at radius 2 is 1.77 bits per heavy atom. The molecule has 1 aliphatic heterocycles. The number of rotatable bonds is 7. The summed E-state index contributed by atoms with van der Waals surface area (Å²) < 4.78 is 42.3. The van der Waals surface area contributed by atoms with E-state index in [0.29, 0.717) is 43.3 Å². The first-order valence-electron chi connectivity index (χ1n) is 9.61. The number of nitrogens with zero attached hydrogens (tertiary/aromatic N) is 1. The van der Waals surface area contributed by atoms with Crippen LogP contribution in [0.25, 0.3) is 0 Å². The molecule has 1 fully saturated rings. The molecular formula is C21H24N2O7S. The molecule has 0 aromatic heterocycles. The van der Waals surface area contributed by atoms with Crippen LogP contribution in [0, 0.1) is 6.92 Å². The minimum absolute atomic E-state index is 0.106. The van der Waals surface area contributed by atoms with Crippen LogP contribution in [0.4, 0.5) is 5.69 Å². The van der Waals surface area contributed by atoms with Crippen LogP contribution in [-0.4, -0.2) is 64.6 Å². The van der Waals surface area contributed by atoms with Gasteiger partial charge in [0.05, 0.1) is 30.8 Å². The number of sulfonamides is 1. The van der Waals surface area contributed by atoms with Crippen LogP contribution in [0.5, 0.6) is 5.75 Å². The van der Waals surface area contributed by atoms with Crippen molar-refractivity contribution >= 4 is 27.6 Å². The zero-order valence-corrected chi connectivity index (χ0v) is 18.1. The van der Waals surface area contributed by atoms with Crippen molar-refractivity contribution in [1.82, 2.24) is 4.31 Å². The standard InChI is InChI=1S/C21H24N2O7S/c1-15-3-8-18(31(26,27)23-9-11-29-12-10-23)13-19(15)22-20(24)14-30-17-6-4-16(5-7-17)21(25)28-2/h3-8,13H,9-12,14H2,1-2H3,(H,22,24). The third kappa shape index (κ3) is 5.60. The first-order chi connectivity index (χ1) is 14.8. The molecule has 10 heteroatoms. The fourth-order valence-electron chi connectivity index (χ4n) is 2.97. The van der Waals surface area contributed by atoms with Crippen LogP contribution >= 0.6 is 0 Å². The Labute approximate surface area is 181 Å². The molecule has 0 saturated carbocycles. The van der Waals surface area contributed by atoms with Crippen molar-refractivity contribution in [2.45, 2.75) is 11.8 Å². The normalized spacial score (nSPS) is 14.6. The topological polar surface area (TPSA) is 111 Å².